The third kappa shape index (κ3) is 1.42. The second-order valence-electron chi connectivity index (χ2n) is 7.93. The number of fused-ring (bicyclic) bond motifs is 3. The summed E-state index contributed by atoms with van der Waals surface area (Å²) in [5, 5.41) is 0. The number of amides is 1. The van der Waals surface area contributed by atoms with Gasteiger partial charge >= 0.3 is 0 Å². The van der Waals surface area contributed by atoms with E-state index in [4.69, 9.17) is 5.73 Å². The standard InChI is InChI=1S/C18H24N2O/c1-17(2)11-7-8-18(17,3)15(9-11)20-10-13-12(16(20)21)5-4-6-14(13)19/h4-6,11,15H,7-10,19H2,1-3H3/t11-,15+,18-/m1/s1. The number of nitrogens with two attached hydrogens (primary N) is 1. The Morgan fingerprint density at radius 3 is 2.62 bits per heavy atom. The first kappa shape index (κ1) is 13.2. The number of carbonyl (C=O) groups excluding carboxylic acids is 1. The molecule has 1 aromatic rings. The molecule has 0 saturated heterocycles. The predicted molar refractivity (Wildman–Crippen MR) is 83.7 cm³/mol. The quantitative estimate of drug-likeness (QED) is 0.803. The van der Waals surface area contributed by atoms with Crippen molar-refractivity contribution in [3.63, 3.8) is 0 Å². The third-order valence-electron chi connectivity index (χ3n) is 7.16. The summed E-state index contributed by atoms with van der Waals surface area (Å²) in [6.45, 7) is 7.88. The van der Waals surface area contributed by atoms with Crippen molar-refractivity contribution in [3.05, 3.63) is 29.3 Å². The molecule has 2 bridgehead atoms. The summed E-state index contributed by atoms with van der Waals surface area (Å²) >= 11 is 0. The van der Waals surface area contributed by atoms with Gasteiger partial charge in [0.2, 0.25) is 0 Å². The van der Waals surface area contributed by atoms with Gasteiger partial charge in [0.1, 0.15) is 0 Å². The molecule has 3 heteroatoms. The highest BCUT2D eigenvalue weighted by atomic mass is 16.2. The van der Waals surface area contributed by atoms with Crippen molar-refractivity contribution < 1.29 is 4.79 Å². The molecule has 0 radical (unpaired) electrons. The van der Waals surface area contributed by atoms with Crippen LogP contribution in [0.25, 0.3) is 0 Å². The Morgan fingerprint density at radius 1 is 1.29 bits per heavy atom. The van der Waals surface area contributed by atoms with Crippen LogP contribution in [0.4, 0.5) is 5.69 Å². The number of hydrogen-bond donors (Lipinski definition) is 1. The Hall–Kier alpha value is -1.51. The monoisotopic (exact) mass is 284 g/mol. The van der Waals surface area contributed by atoms with Gasteiger partial charge in [-0.05, 0) is 48.1 Å². The van der Waals surface area contributed by atoms with E-state index in [1.807, 2.05) is 18.2 Å². The van der Waals surface area contributed by atoms with Gasteiger partial charge in [0.15, 0.2) is 0 Å². The maximum Gasteiger partial charge on any atom is 0.254 e. The minimum Gasteiger partial charge on any atom is -0.398 e. The number of hydrogen-bond acceptors (Lipinski definition) is 2. The Labute approximate surface area is 126 Å². The van der Waals surface area contributed by atoms with Gasteiger partial charge in [-0.1, -0.05) is 26.8 Å². The highest BCUT2D eigenvalue weighted by molar-refractivity contribution is 6.00. The van der Waals surface area contributed by atoms with Crippen LogP contribution in [0.3, 0.4) is 0 Å². The molecule has 2 N–H and O–H groups in total. The summed E-state index contributed by atoms with van der Waals surface area (Å²) in [5.41, 5.74) is 9.26. The van der Waals surface area contributed by atoms with Gasteiger partial charge in [-0.2, -0.15) is 0 Å². The van der Waals surface area contributed by atoms with Crippen LogP contribution in [0.1, 0.15) is 56.0 Å². The molecule has 0 spiro atoms. The predicted octanol–water partition coefficient (Wildman–Crippen LogP) is 3.44. The Morgan fingerprint density at radius 2 is 2.05 bits per heavy atom. The Kier molecular flexibility index (Phi) is 2.40. The fourth-order valence-corrected chi connectivity index (χ4v) is 5.26. The van der Waals surface area contributed by atoms with E-state index in [1.165, 1.54) is 12.8 Å². The number of benzene rings is 1. The number of nitrogen functional groups attached to an aromatic ring is 1. The molecule has 2 aliphatic carbocycles. The minimum absolute atomic E-state index is 0.187. The molecule has 0 unspecified atom stereocenters. The van der Waals surface area contributed by atoms with E-state index in [0.717, 1.165) is 29.2 Å². The maximum absolute atomic E-state index is 12.8. The molecular formula is C18H24N2O. The van der Waals surface area contributed by atoms with Crippen LogP contribution in [-0.4, -0.2) is 16.8 Å². The van der Waals surface area contributed by atoms with E-state index in [0.29, 0.717) is 18.0 Å². The van der Waals surface area contributed by atoms with Gasteiger partial charge in [0, 0.05) is 29.4 Å². The third-order valence-corrected chi connectivity index (χ3v) is 7.16. The highest BCUT2D eigenvalue weighted by Gasteiger charge is 2.63. The largest absolute Gasteiger partial charge is 0.398 e. The number of carbonyl (C=O) groups is 1. The number of anilines is 1. The van der Waals surface area contributed by atoms with Crippen LogP contribution in [0, 0.1) is 16.7 Å². The summed E-state index contributed by atoms with van der Waals surface area (Å²) < 4.78 is 0. The molecule has 1 heterocycles. The first-order valence-corrected chi connectivity index (χ1v) is 8.04. The summed E-state index contributed by atoms with van der Waals surface area (Å²) in [5.74, 6) is 0.938. The van der Waals surface area contributed by atoms with Crippen molar-refractivity contribution in [2.45, 2.75) is 52.6 Å². The molecule has 2 fully saturated rings. The molecule has 3 atom stereocenters. The zero-order valence-corrected chi connectivity index (χ0v) is 13.1. The lowest BCUT2D eigenvalue weighted by atomic mass is 9.69. The van der Waals surface area contributed by atoms with Crippen molar-refractivity contribution >= 4 is 11.6 Å². The van der Waals surface area contributed by atoms with Crippen molar-refractivity contribution in [3.8, 4) is 0 Å². The van der Waals surface area contributed by atoms with Crippen molar-refractivity contribution in [1.29, 1.82) is 0 Å². The highest BCUT2D eigenvalue weighted by Crippen LogP contribution is 2.67. The lowest BCUT2D eigenvalue weighted by Gasteiger charge is -2.43. The van der Waals surface area contributed by atoms with Crippen molar-refractivity contribution in [2.75, 3.05) is 5.73 Å². The average Bonchev–Trinajstić information content (AvgIpc) is 2.95. The molecule has 1 amide bonds. The lowest BCUT2D eigenvalue weighted by Crippen LogP contribution is -2.47. The number of nitrogens with zero attached hydrogens (tertiary/aromatic N) is 1. The summed E-state index contributed by atoms with van der Waals surface area (Å²) in [6.07, 6.45) is 3.71. The molecule has 1 aromatic carbocycles. The summed E-state index contributed by atoms with van der Waals surface area (Å²) in [6, 6.07) is 6.09. The minimum atomic E-state index is 0.187. The lowest BCUT2D eigenvalue weighted by molar-refractivity contribution is 0.0341. The van der Waals surface area contributed by atoms with Crippen LogP contribution in [0.5, 0.6) is 0 Å². The van der Waals surface area contributed by atoms with E-state index >= 15 is 0 Å². The second-order valence-corrected chi connectivity index (χ2v) is 7.93. The van der Waals surface area contributed by atoms with Crippen molar-refractivity contribution in [1.82, 2.24) is 4.90 Å². The second kappa shape index (κ2) is 3.82. The van der Waals surface area contributed by atoms with Crippen LogP contribution in [0.15, 0.2) is 18.2 Å². The zero-order valence-electron chi connectivity index (χ0n) is 13.1. The molecule has 1 aliphatic heterocycles. The molecular weight excluding hydrogens is 260 g/mol. The van der Waals surface area contributed by atoms with E-state index in [-0.39, 0.29) is 11.3 Å². The summed E-state index contributed by atoms with van der Waals surface area (Å²) in [4.78, 5) is 14.9. The Bertz CT molecular complexity index is 636. The first-order chi connectivity index (χ1) is 9.86. The molecule has 4 rings (SSSR count). The molecule has 3 nitrogen and oxygen atoms in total. The molecule has 3 aliphatic rings. The van der Waals surface area contributed by atoms with Gasteiger partial charge in [-0.3, -0.25) is 4.79 Å². The molecule has 2 saturated carbocycles. The topological polar surface area (TPSA) is 46.3 Å². The van der Waals surface area contributed by atoms with E-state index in [1.54, 1.807) is 0 Å². The number of rotatable bonds is 1. The van der Waals surface area contributed by atoms with E-state index in [2.05, 4.69) is 25.7 Å². The molecule has 112 valence electrons. The fourth-order valence-electron chi connectivity index (χ4n) is 5.26. The molecule has 0 aromatic heterocycles. The van der Waals surface area contributed by atoms with Gasteiger partial charge in [-0.25, -0.2) is 0 Å². The van der Waals surface area contributed by atoms with E-state index < -0.39 is 0 Å². The van der Waals surface area contributed by atoms with Gasteiger partial charge < -0.3 is 10.6 Å². The van der Waals surface area contributed by atoms with Crippen LogP contribution in [-0.2, 0) is 6.54 Å². The van der Waals surface area contributed by atoms with Crippen LogP contribution in [0.2, 0.25) is 0 Å². The van der Waals surface area contributed by atoms with Gasteiger partial charge in [0.25, 0.3) is 5.91 Å². The van der Waals surface area contributed by atoms with Crippen LogP contribution < -0.4 is 5.73 Å². The Balaban J connectivity index is 1.72. The summed E-state index contributed by atoms with van der Waals surface area (Å²) in [7, 11) is 0. The normalized spacial score (nSPS) is 36.3. The average molecular weight is 284 g/mol. The van der Waals surface area contributed by atoms with Gasteiger partial charge in [-0.15, -0.1) is 0 Å². The first-order valence-electron chi connectivity index (χ1n) is 8.04. The molecule has 21 heavy (non-hydrogen) atoms. The fraction of sp³-hybridized carbons (Fsp3) is 0.611. The maximum atomic E-state index is 12.8. The van der Waals surface area contributed by atoms with Gasteiger partial charge in [0.05, 0.1) is 0 Å². The SMILES string of the molecule is CC1(C)[C@@H]2CC[C@]1(C)[C@@H](N1Cc3c(N)cccc3C1=O)C2. The van der Waals surface area contributed by atoms with Crippen LogP contribution >= 0.6 is 0 Å². The van der Waals surface area contributed by atoms with E-state index in [9.17, 15) is 4.79 Å². The zero-order chi connectivity index (χ0) is 15.0. The van der Waals surface area contributed by atoms with Crippen molar-refractivity contribution in [2.24, 2.45) is 16.7 Å². The smallest absolute Gasteiger partial charge is 0.254 e.